The Morgan fingerprint density at radius 1 is 1.26 bits per heavy atom. The Kier molecular flexibility index (Phi) is 4.63. The molecule has 0 aliphatic carbocycles. The molecule has 0 radical (unpaired) electrons. The molecule has 1 aromatic rings. The van der Waals surface area contributed by atoms with Gasteiger partial charge in [-0.3, -0.25) is 4.79 Å². The molecule has 5 nitrogen and oxygen atoms in total. The molecule has 0 spiro atoms. The minimum absolute atomic E-state index is 0.0339. The number of rotatable bonds is 6. The molecule has 0 atom stereocenters. The van der Waals surface area contributed by atoms with Crippen LogP contribution in [-0.4, -0.2) is 48.8 Å². The van der Waals surface area contributed by atoms with E-state index >= 15 is 0 Å². The fourth-order valence-electron chi connectivity index (χ4n) is 1.92. The number of likely N-dealkylation sites (tertiary alicyclic amines) is 1. The summed E-state index contributed by atoms with van der Waals surface area (Å²) in [6.07, 6.45) is 0. The second-order valence-electron chi connectivity index (χ2n) is 4.54. The first kappa shape index (κ1) is 13.7. The van der Waals surface area contributed by atoms with Gasteiger partial charge in [-0.25, -0.2) is 0 Å². The maximum atomic E-state index is 11.7. The van der Waals surface area contributed by atoms with Crippen LogP contribution in [0.1, 0.15) is 6.92 Å². The van der Waals surface area contributed by atoms with Crippen LogP contribution < -0.4 is 9.47 Å². The lowest BCUT2D eigenvalue weighted by Gasteiger charge is -2.38. The largest absolute Gasteiger partial charge is 0.494 e. The van der Waals surface area contributed by atoms with Crippen molar-refractivity contribution in [3.63, 3.8) is 0 Å². The van der Waals surface area contributed by atoms with E-state index in [0.717, 1.165) is 5.75 Å². The molecule has 1 fully saturated rings. The zero-order chi connectivity index (χ0) is 13.7. The average molecular weight is 265 g/mol. The number of aliphatic hydroxyl groups excluding tert-OH is 1. The van der Waals surface area contributed by atoms with Crippen LogP contribution in [0.5, 0.6) is 11.5 Å². The zero-order valence-electron chi connectivity index (χ0n) is 11.0. The predicted molar refractivity (Wildman–Crippen MR) is 70.3 cm³/mol. The molecule has 0 aromatic heterocycles. The minimum atomic E-state index is -0.0430. The molecule has 0 unspecified atom stereocenters. The van der Waals surface area contributed by atoms with Crippen molar-refractivity contribution in [2.45, 2.75) is 6.92 Å². The highest BCUT2D eigenvalue weighted by molar-refractivity contribution is 5.78. The van der Waals surface area contributed by atoms with Crippen LogP contribution in [0.4, 0.5) is 0 Å². The van der Waals surface area contributed by atoms with Gasteiger partial charge in [-0.05, 0) is 31.2 Å². The Hall–Kier alpha value is -1.75. The first-order valence-corrected chi connectivity index (χ1v) is 6.47. The van der Waals surface area contributed by atoms with E-state index in [9.17, 15) is 4.79 Å². The van der Waals surface area contributed by atoms with Crippen molar-refractivity contribution in [1.82, 2.24) is 4.90 Å². The Balaban J connectivity index is 1.74. The van der Waals surface area contributed by atoms with E-state index in [1.165, 1.54) is 0 Å². The van der Waals surface area contributed by atoms with Crippen LogP contribution in [0.3, 0.4) is 0 Å². The lowest BCUT2D eigenvalue weighted by Crippen LogP contribution is -2.52. The fourth-order valence-corrected chi connectivity index (χ4v) is 1.92. The topological polar surface area (TPSA) is 59.0 Å². The van der Waals surface area contributed by atoms with Gasteiger partial charge in [0.15, 0.2) is 6.61 Å². The Morgan fingerprint density at radius 3 is 2.37 bits per heavy atom. The summed E-state index contributed by atoms with van der Waals surface area (Å²) in [7, 11) is 0. The second kappa shape index (κ2) is 6.43. The summed E-state index contributed by atoms with van der Waals surface area (Å²) in [6, 6.07) is 7.19. The van der Waals surface area contributed by atoms with Gasteiger partial charge in [0.2, 0.25) is 0 Å². The lowest BCUT2D eigenvalue weighted by atomic mass is 10.0. The molecule has 1 heterocycles. The number of nitrogens with zero attached hydrogens (tertiary/aromatic N) is 1. The number of hydrogen-bond acceptors (Lipinski definition) is 4. The molecule has 2 rings (SSSR count). The van der Waals surface area contributed by atoms with E-state index in [1.807, 2.05) is 19.1 Å². The van der Waals surface area contributed by atoms with Crippen LogP contribution in [0.15, 0.2) is 24.3 Å². The Labute approximate surface area is 112 Å². The van der Waals surface area contributed by atoms with E-state index < -0.39 is 0 Å². The third-order valence-electron chi connectivity index (χ3n) is 3.07. The summed E-state index contributed by atoms with van der Waals surface area (Å²) in [5, 5.41) is 8.88. The van der Waals surface area contributed by atoms with Crippen molar-refractivity contribution in [3.8, 4) is 11.5 Å². The van der Waals surface area contributed by atoms with Gasteiger partial charge in [0, 0.05) is 25.6 Å². The van der Waals surface area contributed by atoms with E-state index in [1.54, 1.807) is 17.0 Å². The SMILES string of the molecule is CCOc1ccc(OCC(=O)N2CC(CO)C2)cc1. The monoisotopic (exact) mass is 265 g/mol. The van der Waals surface area contributed by atoms with E-state index in [0.29, 0.717) is 25.4 Å². The minimum Gasteiger partial charge on any atom is -0.494 e. The Morgan fingerprint density at radius 2 is 1.84 bits per heavy atom. The first-order chi connectivity index (χ1) is 9.22. The molecule has 0 saturated carbocycles. The van der Waals surface area contributed by atoms with Crippen molar-refractivity contribution in [3.05, 3.63) is 24.3 Å². The predicted octanol–water partition coefficient (Wildman–Crippen LogP) is 0.915. The lowest BCUT2D eigenvalue weighted by molar-refractivity contribution is -0.140. The van der Waals surface area contributed by atoms with Gasteiger partial charge >= 0.3 is 0 Å². The molecule has 1 aliphatic heterocycles. The molecule has 0 bridgehead atoms. The summed E-state index contributed by atoms with van der Waals surface area (Å²) < 4.78 is 10.7. The van der Waals surface area contributed by atoms with Gasteiger partial charge in [0.05, 0.1) is 6.61 Å². The Bertz CT molecular complexity index is 412. The van der Waals surface area contributed by atoms with Gasteiger partial charge < -0.3 is 19.5 Å². The molecule has 1 aliphatic rings. The average Bonchev–Trinajstić information content (AvgIpc) is 2.37. The summed E-state index contributed by atoms with van der Waals surface area (Å²) in [4.78, 5) is 13.4. The highest BCUT2D eigenvalue weighted by atomic mass is 16.5. The molecular weight excluding hydrogens is 246 g/mol. The van der Waals surface area contributed by atoms with Crippen LogP contribution in [-0.2, 0) is 4.79 Å². The number of aliphatic hydroxyl groups is 1. The number of hydrogen-bond donors (Lipinski definition) is 1. The van der Waals surface area contributed by atoms with Gasteiger partial charge in [-0.2, -0.15) is 0 Å². The normalized spacial score (nSPS) is 14.9. The molecule has 1 aromatic carbocycles. The fraction of sp³-hybridized carbons (Fsp3) is 0.500. The standard InChI is InChI=1S/C14H19NO4/c1-2-18-12-3-5-13(6-4-12)19-10-14(17)15-7-11(8-15)9-16/h3-6,11,16H,2,7-10H2,1H3. The molecule has 104 valence electrons. The molecule has 1 amide bonds. The third-order valence-corrected chi connectivity index (χ3v) is 3.07. The zero-order valence-corrected chi connectivity index (χ0v) is 11.0. The number of carbonyl (C=O) groups is 1. The third kappa shape index (κ3) is 3.61. The van der Waals surface area contributed by atoms with E-state index in [4.69, 9.17) is 14.6 Å². The number of ether oxygens (including phenoxy) is 2. The van der Waals surface area contributed by atoms with Crippen LogP contribution in [0, 0.1) is 5.92 Å². The van der Waals surface area contributed by atoms with Gasteiger partial charge in [0.25, 0.3) is 5.91 Å². The maximum absolute atomic E-state index is 11.7. The highest BCUT2D eigenvalue weighted by Crippen LogP contribution is 2.18. The first-order valence-electron chi connectivity index (χ1n) is 6.47. The molecular formula is C14H19NO4. The number of carbonyl (C=O) groups excluding carboxylic acids is 1. The summed E-state index contributed by atoms with van der Waals surface area (Å²) in [5.41, 5.74) is 0. The van der Waals surface area contributed by atoms with Gasteiger partial charge in [-0.15, -0.1) is 0 Å². The molecule has 5 heteroatoms. The van der Waals surface area contributed by atoms with Crippen LogP contribution >= 0.6 is 0 Å². The van der Waals surface area contributed by atoms with Crippen LogP contribution in [0.25, 0.3) is 0 Å². The van der Waals surface area contributed by atoms with E-state index in [-0.39, 0.29) is 25.0 Å². The summed E-state index contributed by atoms with van der Waals surface area (Å²) in [6.45, 7) is 3.98. The summed E-state index contributed by atoms with van der Waals surface area (Å²) >= 11 is 0. The number of amides is 1. The van der Waals surface area contributed by atoms with Crippen LogP contribution in [0.2, 0.25) is 0 Å². The highest BCUT2D eigenvalue weighted by Gasteiger charge is 2.29. The quantitative estimate of drug-likeness (QED) is 0.830. The number of benzene rings is 1. The van der Waals surface area contributed by atoms with Crippen molar-refractivity contribution in [2.24, 2.45) is 5.92 Å². The molecule has 1 saturated heterocycles. The van der Waals surface area contributed by atoms with Crippen molar-refractivity contribution < 1.29 is 19.4 Å². The summed E-state index contributed by atoms with van der Waals surface area (Å²) in [5.74, 6) is 1.62. The molecule has 1 N–H and O–H groups in total. The molecule has 19 heavy (non-hydrogen) atoms. The van der Waals surface area contributed by atoms with Crippen molar-refractivity contribution in [1.29, 1.82) is 0 Å². The van der Waals surface area contributed by atoms with Gasteiger partial charge in [0.1, 0.15) is 11.5 Å². The van der Waals surface area contributed by atoms with E-state index in [2.05, 4.69) is 0 Å². The van der Waals surface area contributed by atoms with Gasteiger partial charge in [-0.1, -0.05) is 0 Å². The van der Waals surface area contributed by atoms with Crippen molar-refractivity contribution in [2.75, 3.05) is 32.9 Å². The van der Waals surface area contributed by atoms with Crippen molar-refractivity contribution >= 4 is 5.91 Å². The second-order valence-corrected chi connectivity index (χ2v) is 4.54. The maximum Gasteiger partial charge on any atom is 0.260 e. The smallest absolute Gasteiger partial charge is 0.260 e.